The molecule has 0 fully saturated rings. The minimum absolute atomic E-state index is 0.564. The van der Waals surface area contributed by atoms with Gasteiger partial charge in [-0.15, -0.1) is 0 Å². The van der Waals surface area contributed by atoms with Crippen molar-refractivity contribution in [1.82, 2.24) is 15.3 Å². The number of nitrogens with zero attached hydrogens (tertiary/aromatic N) is 1. The summed E-state index contributed by atoms with van der Waals surface area (Å²) in [5, 5.41) is 3.48. The van der Waals surface area contributed by atoms with Crippen molar-refractivity contribution in [2.75, 3.05) is 6.54 Å². The van der Waals surface area contributed by atoms with Crippen LogP contribution in [-0.4, -0.2) is 16.5 Å². The highest BCUT2D eigenvalue weighted by atomic mass is 79.9. The minimum Gasteiger partial charge on any atom is -0.488 e. The summed E-state index contributed by atoms with van der Waals surface area (Å²) in [5.74, 6) is 1.87. The van der Waals surface area contributed by atoms with Crippen LogP contribution < -0.4 is 10.1 Å². The Morgan fingerprint density at radius 1 is 0.929 bits per heavy atom. The highest BCUT2D eigenvalue weighted by Gasteiger charge is 2.05. The van der Waals surface area contributed by atoms with Gasteiger partial charge >= 0.3 is 0 Å². The fourth-order valence-corrected chi connectivity index (χ4v) is 3.61. The Labute approximate surface area is 173 Å². The molecule has 0 unspecified atom stereocenters. The van der Waals surface area contributed by atoms with Crippen molar-refractivity contribution >= 4 is 27.0 Å². The van der Waals surface area contributed by atoms with Crippen molar-refractivity contribution in [3.05, 3.63) is 94.2 Å². The number of aromatic nitrogens is 2. The smallest absolute Gasteiger partial charge is 0.134 e. The number of nitrogens with one attached hydrogen (secondary N) is 2. The number of para-hydroxylation sites is 2. The molecular formula is C23H22BrN3O. The van der Waals surface area contributed by atoms with Gasteiger partial charge in [0.15, 0.2) is 0 Å². The largest absolute Gasteiger partial charge is 0.488 e. The van der Waals surface area contributed by atoms with Crippen molar-refractivity contribution in [2.24, 2.45) is 0 Å². The Balaban J connectivity index is 1.26. The molecule has 0 atom stereocenters. The molecule has 4 aromatic rings. The standard InChI is InChI=1S/C23H22BrN3O/c24-19-14-18(10-11-22(19)28-16-17-6-2-1-3-7-17)15-25-13-12-23-26-20-8-4-5-9-21(20)27-23/h1-11,14,25H,12-13,15-16H2,(H,26,27). The van der Waals surface area contributed by atoms with Crippen molar-refractivity contribution in [2.45, 2.75) is 19.6 Å². The molecule has 0 amide bonds. The van der Waals surface area contributed by atoms with Gasteiger partial charge in [-0.25, -0.2) is 4.98 Å². The molecule has 0 saturated carbocycles. The van der Waals surface area contributed by atoms with Crippen LogP contribution in [0.2, 0.25) is 0 Å². The van der Waals surface area contributed by atoms with Gasteiger partial charge in [0.25, 0.3) is 0 Å². The second-order valence-corrected chi connectivity index (χ2v) is 7.52. The molecule has 3 aromatic carbocycles. The lowest BCUT2D eigenvalue weighted by Crippen LogP contribution is -2.17. The van der Waals surface area contributed by atoms with E-state index in [2.05, 4.69) is 61.5 Å². The lowest BCUT2D eigenvalue weighted by atomic mass is 10.2. The Bertz CT molecular complexity index is 1010. The van der Waals surface area contributed by atoms with E-state index >= 15 is 0 Å². The molecule has 5 heteroatoms. The molecule has 2 N–H and O–H groups in total. The zero-order valence-electron chi connectivity index (χ0n) is 15.5. The molecule has 28 heavy (non-hydrogen) atoms. The van der Waals surface area contributed by atoms with Crippen LogP contribution in [0.25, 0.3) is 11.0 Å². The highest BCUT2D eigenvalue weighted by Crippen LogP contribution is 2.26. The van der Waals surface area contributed by atoms with E-state index in [9.17, 15) is 0 Å². The summed E-state index contributed by atoms with van der Waals surface area (Å²) >= 11 is 3.62. The number of hydrogen-bond donors (Lipinski definition) is 2. The third-order valence-electron chi connectivity index (χ3n) is 4.54. The molecule has 0 saturated heterocycles. The van der Waals surface area contributed by atoms with Crippen molar-refractivity contribution in [1.29, 1.82) is 0 Å². The van der Waals surface area contributed by atoms with Gasteiger partial charge in [0.2, 0.25) is 0 Å². The van der Waals surface area contributed by atoms with E-state index < -0.39 is 0 Å². The van der Waals surface area contributed by atoms with E-state index in [4.69, 9.17) is 4.74 Å². The first-order valence-corrected chi connectivity index (χ1v) is 10.2. The van der Waals surface area contributed by atoms with E-state index in [0.29, 0.717) is 6.61 Å². The predicted octanol–water partition coefficient (Wildman–Crippen LogP) is 5.24. The maximum absolute atomic E-state index is 5.91. The van der Waals surface area contributed by atoms with Crippen molar-refractivity contribution < 1.29 is 4.74 Å². The van der Waals surface area contributed by atoms with E-state index in [1.165, 1.54) is 5.56 Å². The Morgan fingerprint density at radius 2 is 1.75 bits per heavy atom. The molecule has 0 aliphatic rings. The molecule has 0 radical (unpaired) electrons. The highest BCUT2D eigenvalue weighted by molar-refractivity contribution is 9.10. The zero-order chi connectivity index (χ0) is 19.2. The third-order valence-corrected chi connectivity index (χ3v) is 5.16. The van der Waals surface area contributed by atoms with Gasteiger partial charge in [-0.1, -0.05) is 48.5 Å². The molecule has 142 valence electrons. The molecule has 4 nitrogen and oxygen atoms in total. The monoisotopic (exact) mass is 435 g/mol. The average molecular weight is 436 g/mol. The second-order valence-electron chi connectivity index (χ2n) is 6.67. The van der Waals surface area contributed by atoms with Crippen LogP contribution in [0.3, 0.4) is 0 Å². The topological polar surface area (TPSA) is 49.9 Å². The Hall–Kier alpha value is -2.63. The summed E-state index contributed by atoms with van der Waals surface area (Å²) in [4.78, 5) is 7.97. The number of fused-ring (bicyclic) bond motifs is 1. The lowest BCUT2D eigenvalue weighted by molar-refractivity contribution is 0.304. The van der Waals surface area contributed by atoms with Gasteiger partial charge in [0.1, 0.15) is 18.2 Å². The molecule has 4 rings (SSSR count). The molecule has 0 bridgehead atoms. The number of benzene rings is 3. The maximum Gasteiger partial charge on any atom is 0.134 e. The van der Waals surface area contributed by atoms with Crippen molar-refractivity contribution in [3.8, 4) is 5.75 Å². The summed E-state index contributed by atoms with van der Waals surface area (Å²) in [6.45, 7) is 2.23. The van der Waals surface area contributed by atoms with Gasteiger partial charge in [-0.2, -0.15) is 0 Å². The summed E-state index contributed by atoms with van der Waals surface area (Å²) < 4.78 is 6.88. The van der Waals surface area contributed by atoms with E-state index in [1.807, 2.05) is 42.5 Å². The first kappa shape index (κ1) is 18.7. The Morgan fingerprint density at radius 3 is 2.57 bits per heavy atom. The molecule has 0 spiro atoms. The van der Waals surface area contributed by atoms with Crippen LogP contribution in [-0.2, 0) is 19.6 Å². The fourth-order valence-electron chi connectivity index (χ4n) is 3.07. The van der Waals surface area contributed by atoms with E-state index in [-0.39, 0.29) is 0 Å². The number of aromatic amines is 1. The predicted molar refractivity (Wildman–Crippen MR) is 116 cm³/mol. The third kappa shape index (κ3) is 4.80. The van der Waals surface area contributed by atoms with Crippen LogP contribution in [0.5, 0.6) is 5.75 Å². The van der Waals surface area contributed by atoms with Crippen LogP contribution >= 0.6 is 15.9 Å². The molecule has 0 aliphatic heterocycles. The maximum atomic E-state index is 5.91. The second kappa shape index (κ2) is 9.04. The minimum atomic E-state index is 0.564. The number of ether oxygens (including phenoxy) is 1. The van der Waals surface area contributed by atoms with E-state index in [1.54, 1.807) is 0 Å². The van der Waals surface area contributed by atoms with Gasteiger partial charge < -0.3 is 15.0 Å². The first-order chi connectivity index (χ1) is 13.8. The fraction of sp³-hybridized carbons (Fsp3) is 0.174. The number of imidazole rings is 1. The first-order valence-electron chi connectivity index (χ1n) is 9.37. The molecular weight excluding hydrogens is 414 g/mol. The summed E-state index contributed by atoms with van der Waals surface area (Å²) in [6, 6.07) is 24.5. The molecule has 1 heterocycles. The number of hydrogen-bond acceptors (Lipinski definition) is 3. The molecule has 1 aromatic heterocycles. The van der Waals surface area contributed by atoms with Crippen LogP contribution in [0, 0.1) is 0 Å². The normalized spacial score (nSPS) is 11.0. The van der Waals surface area contributed by atoms with Gasteiger partial charge in [-0.05, 0) is 51.3 Å². The summed E-state index contributed by atoms with van der Waals surface area (Å²) in [7, 11) is 0. The molecule has 0 aliphatic carbocycles. The SMILES string of the molecule is Brc1cc(CNCCc2nc3ccccc3[nH]2)ccc1OCc1ccccc1. The van der Waals surface area contributed by atoms with Crippen molar-refractivity contribution in [3.63, 3.8) is 0 Å². The zero-order valence-corrected chi connectivity index (χ0v) is 17.1. The van der Waals surface area contributed by atoms with Gasteiger partial charge in [0, 0.05) is 19.5 Å². The summed E-state index contributed by atoms with van der Waals surface area (Å²) in [5.41, 5.74) is 4.48. The Kier molecular flexibility index (Phi) is 6.04. The van der Waals surface area contributed by atoms with Gasteiger partial charge in [0.05, 0.1) is 15.5 Å². The summed E-state index contributed by atoms with van der Waals surface area (Å²) in [6.07, 6.45) is 0.869. The number of H-pyrrole nitrogens is 1. The van der Waals surface area contributed by atoms with Crippen LogP contribution in [0.4, 0.5) is 0 Å². The van der Waals surface area contributed by atoms with Crippen LogP contribution in [0.15, 0.2) is 77.3 Å². The average Bonchev–Trinajstić information content (AvgIpc) is 3.14. The van der Waals surface area contributed by atoms with Crippen LogP contribution in [0.1, 0.15) is 17.0 Å². The number of halogens is 1. The van der Waals surface area contributed by atoms with Gasteiger partial charge in [-0.3, -0.25) is 0 Å². The van der Waals surface area contributed by atoms with E-state index in [0.717, 1.165) is 52.2 Å². The lowest BCUT2D eigenvalue weighted by Gasteiger charge is -2.10. The quantitative estimate of drug-likeness (QED) is 0.372. The number of rotatable bonds is 8.